The molecule has 6 aromatic rings. The monoisotopic (exact) mass is 811 g/mol. The Morgan fingerprint density at radius 1 is 0.588 bits per heavy atom. The molecule has 4 aromatic carbocycles. The molecule has 0 N–H and O–H groups in total. The number of nitrogens with zero attached hydrogens (tertiary/aromatic N) is 6. The molecule has 0 atom stereocenters. The molecule has 0 amide bonds. The summed E-state index contributed by atoms with van der Waals surface area (Å²) in [5.41, 5.74) is 3.22. The molecule has 0 spiro atoms. The standard InChI is InChI=1S/2C18H15Cl2N3O2.Cu/c2*1-11-16(21-10-12-8-13(19)9-15(20)17(12)24)18(25)23(22(11)2)14-6-4-3-5-7-14;/h2*3-10,24H,1-2H3;/q;;+2/p-2. The van der Waals surface area contributed by atoms with Gasteiger partial charge in [0.15, 0.2) is 11.4 Å². The topological polar surface area (TPSA) is 125 Å². The molecule has 1 radical (unpaired) electrons. The Kier molecular flexibility index (Phi) is 12.9. The predicted molar refractivity (Wildman–Crippen MR) is 198 cm³/mol. The van der Waals surface area contributed by atoms with Gasteiger partial charge in [0, 0.05) is 46.6 Å². The van der Waals surface area contributed by atoms with Gasteiger partial charge in [-0.25, -0.2) is 19.3 Å². The van der Waals surface area contributed by atoms with Crippen LogP contribution in [0, 0.1) is 13.8 Å². The van der Waals surface area contributed by atoms with Gasteiger partial charge in [0.25, 0.3) is 11.1 Å². The molecule has 15 heteroatoms. The Hall–Kier alpha value is -4.48. The summed E-state index contributed by atoms with van der Waals surface area (Å²) in [5, 5.41) is 24.8. The maximum absolute atomic E-state index is 12.7. The third-order valence-corrected chi connectivity index (χ3v) is 8.79. The summed E-state index contributed by atoms with van der Waals surface area (Å²) in [6.07, 6.45) is 2.64. The molecule has 51 heavy (non-hydrogen) atoms. The van der Waals surface area contributed by atoms with Gasteiger partial charge in [0.05, 0.1) is 22.8 Å². The average molecular weight is 814 g/mol. The fourth-order valence-corrected chi connectivity index (χ4v) is 6.04. The van der Waals surface area contributed by atoms with E-state index in [0.29, 0.717) is 21.4 Å². The minimum Gasteiger partial charge on any atom is -0.871 e. The molecule has 6 rings (SSSR count). The Morgan fingerprint density at radius 3 is 1.25 bits per heavy atom. The van der Waals surface area contributed by atoms with Crippen LogP contribution >= 0.6 is 46.4 Å². The summed E-state index contributed by atoms with van der Waals surface area (Å²) in [4.78, 5) is 34.0. The summed E-state index contributed by atoms with van der Waals surface area (Å²) in [5.74, 6) is -0.765. The van der Waals surface area contributed by atoms with Crippen LogP contribution in [-0.2, 0) is 31.2 Å². The average Bonchev–Trinajstić information content (AvgIpc) is 3.44. The third-order valence-electron chi connectivity index (χ3n) is 7.79. The van der Waals surface area contributed by atoms with Gasteiger partial charge in [-0.3, -0.25) is 19.0 Å². The number of aliphatic imine (C=N–C) groups is 2. The molecule has 0 aliphatic heterocycles. The number of rotatable bonds is 6. The van der Waals surface area contributed by atoms with E-state index in [1.807, 2.05) is 60.7 Å². The SMILES string of the molecule is Cc1c(N=Cc2cc(Cl)cc(Cl)c2[O-])c(=O)n(-c2ccccc2)n1C.Cc1c(N=Cc2cc(Cl)cc(Cl)c2[O-])c(=O)n(-c2ccccc2)n1C.[Cu+2]. The molecule has 2 heterocycles. The van der Waals surface area contributed by atoms with Gasteiger partial charge < -0.3 is 10.2 Å². The van der Waals surface area contributed by atoms with Crippen molar-refractivity contribution >= 4 is 70.2 Å². The molecule has 0 fully saturated rings. The van der Waals surface area contributed by atoms with Crippen molar-refractivity contribution in [1.82, 2.24) is 18.7 Å². The largest absolute Gasteiger partial charge is 2.00 e. The molecule has 0 saturated heterocycles. The minimum atomic E-state index is -0.383. The van der Waals surface area contributed by atoms with Crippen molar-refractivity contribution in [3.63, 3.8) is 0 Å². The maximum atomic E-state index is 12.7. The van der Waals surface area contributed by atoms with Gasteiger partial charge in [-0.15, -0.1) is 0 Å². The maximum Gasteiger partial charge on any atom is 2.00 e. The van der Waals surface area contributed by atoms with Crippen molar-refractivity contribution in [2.24, 2.45) is 24.1 Å². The zero-order chi connectivity index (χ0) is 36.3. The summed E-state index contributed by atoms with van der Waals surface area (Å²) < 4.78 is 6.47. The second-order valence-corrected chi connectivity index (χ2v) is 12.6. The van der Waals surface area contributed by atoms with Gasteiger partial charge in [0.1, 0.15) is 0 Å². The number of halogens is 4. The van der Waals surface area contributed by atoms with Crippen molar-refractivity contribution in [3.8, 4) is 22.9 Å². The van der Waals surface area contributed by atoms with Crippen LogP contribution in [0.3, 0.4) is 0 Å². The molecule has 0 bridgehead atoms. The Bertz CT molecular complexity index is 2220. The summed E-state index contributed by atoms with van der Waals surface area (Å²) in [7, 11) is 3.55. The first-order valence-electron chi connectivity index (χ1n) is 14.9. The Labute approximate surface area is 323 Å². The molecular weight excluding hydrogens is 786 g/mol. The predicted octanol–water partition coefficient (Wildman–Crippen LogP) is 7.23. The van der Waals surface area contributed by atoms with Crippen LogP contribution in [0.25, 0.3) is 11.4 Å². The van der Waals surface area contributed by atoms with Gasteiger partial charge in [-0.1, -0.05) is 94.3 Å². The van der Waals surface area contributed by atoms with Gasteiger partial charge >= 0.3 is 17.1 Å². The van der Waals surface area contributed by atoms with E-state index in [0.717, 1.165) is 11.4 Å². The zero-order valence-electron chi connectivity index (χ0n) is 27.4. The minimum absolute atomic E-state index is 0. The Balaban J connectivity index is 0.000000224. The number of para-hydroxylation sites is 2. The van der Waals surface area contributed by atoms with Gasteiger partial charge in [-0.2, -0.15) is 0 Å². The van der Waals surface area contributed by atoms with Crippen LogP contribution in [0.5, 0.6) is 11.5 Å². The summed E-state index contributed by atoms with van der Waals surface area (Å²) >= 11 is 23.5. The zero-order valence-corrected chi connectivity index (χ0v) is 31.3. The molecule has 10 nitrogen and oxygen atoms in total. The van der Waals surface area contributed by atoms with Crippen molar-refractivity contribution in [2.45, 2.75) is 13.8 Å². The van der Waals surface area contributed by atoms with Crippen LogP contribution in [-0.4, -0.2) is 31.2 Å². The van der Waals surface area contributed by atoms with E-state index in [2.05, 4.69) is 9.98 Å². The van der Waals surface area contributed by atoms with E-state index in [1.54, 1.807) is 37.3 Å². The first-order chi connectivity index (χ1) is 23.8. The van der Waals surface area contributed by atoms with Crippen LogP contribution < -0.4 is 21.3 Å². The second-order valence-electron chi connectivity index (χ2n) is 10.9. The fraction of sp³-hybridized carbons (Fsp3) is 0.111. The van der Waals surface area contributed by atoms with E-state index >= 15 is 0 Å². The van der Waals surface area contributed by atoms with Crippen molar-refractivity contribution in [1.29, 1.82) is 0 Å². The van der Waals surface area contributed by atoms with E-state index in [9.17, 15) is 19.8 Å². The number of benzene rings is 4. The molecule has 0 aliphatic rings. The van der Waals surface area contributed by atoms with Crippen molar-refractivity contribution in [3.05, 3.63) is 148 Å². The number of hydrogen-bond donors (Lipinski definition) is 0. The van der Waals surface area contributed by atoms with Gasteiger partial charge in [0.2, 0.25) is 0 Å². The molecule has 265 valence electrons. The first-order valence-corrected chi connectivity index (χ1v) is 16.4. The fourth-order valence-electron chi connectivity index (χ4n) is 5.03. The Morgan fingerprint density at radius 2 is 0.922 bits per heavy atom. The van der Waals surface area contributed by atoms with Crippen LogP contribution in [0.15, 0.2) is 105 Å². The molecular formula is C36H28Cl4CuN6O4. The van der Waals surface area contributed by atoms with E-state index < -0.39 is 0 Å². The molecule has 0 aliphatic carbocycles. The summed E-state index contributed by atoms with van der Waals surface area (Å²) in [6, 6.07) is 24.2. The number of aromatic nitrogens is 4. The second kappa shape index (κ2) is 16.7. The van der Waals surface area contributed by atoms with Gasteiger partial charge in [-0.05, 0) is 73.5 Å². The summed E-state index contributed by atoms with van der Waals surface area (Å²) in [6.45, 7) is 3.58. The quantitative estimate of drug-likeness (QED) is 0.130. The molecule has 0 saturated carbocycles. The molecule has 2 aromatic heterocycles. The van der Waals surface area contributed by atoms with Crippen molar-refractivity contribution < 1.29 is 27.3 Å². The third kappa shape index (κ3) is 8.36. The van der Waals surface area contributed by atoms with E-state index in [-0.39, 0.29) is 72.2 Å². The van der Waals surface area contributed by atoms with Crippen LogP contribution in [0.1, 0.15) is 22.5 Å². The van der Waals surface area contributed by atoms with Crippen LogP contribution in [0.4, 0.5) is 11.4 Å². The first kappa shape index (κ1) is 39.3. The van der Waals surface area contributed by atoms with Crippen molar-refractivity contribution in [2.75, 3.05) is 0 Å². The van der Waals surface area contributed by atoms with E-state index in [1.165, 1.54) is 46.1 Å². The normalized spacial score (nSPS) is 11.1. The van der Waals surface area contributed by atoms with Crippen LogP contribution in [0.2, 0.25) is 20.1 Å². The smallest absolute Gasteiger partial charge is 0.871 e. The van der Waals surface area contributed by atoms with E-state index in [4.69, 9.17) is 46.4 Å². The number of hydrogen-bond acceptors (Lipinski definition) is 6. The molecule has 0 unspecified atom stereocenters.